The first kappa shape index (κ1) is 12.5. The quantitative estimate of drug-likeness (QED) is 0.543. The van der Waals surface area contributed by atoms with Crippen molar-refractivity contribution in [1.29, 1.82) is 0 Å². The van der Waals surface area contributed by atoms with Gasteiger partial charge in [-0.1, -0.05) is 0 Å². The van der Waals surface area contributed by atoms with Crippen molar-refractivity contribution in [3.8, 4) is 11.5 Å². The number of hydrogen-bond acceptors (Lipinski definition) is 6. The highest BCUT2D eigenvalue weighted by Crippen LogP contribution is 2.27. The number of alkyl halides is 2. The van der Waals surface area contributed by atoms with Crippen molar-refractivity contribution in [2.24, 2.45) is 0 Å². The zero-order valence-corrected chi connectivity index (χ0v) is 10.7. The van der Waals surface area contributed by atoms with E-state index in [9.17, 15) is 13.6 Å². The number of halogens is 2. The molecule has 0 amide bonds. The predicted octanol–water partition coefficient (Wildman–Crippen LogP) is 0.610. The Kier molecular flexibility index (Phi) is 2.35. The molecular formula is C11H7F2N7O2. The summed E-state index contributed by atoms with van der Waals surface area (Å²) in [6, 6.07) is 3.22. The highest BCUT2D eigenvalue weighted by molar-refractivity contribution is 5.88. The molecule has 0 spiro atoms. The molecule has 112 valence electrons. The summed E-state index contributed by atoms with van der Waals surface area (Å²) in [6.45, 7) is -3.09. The monoisotopic (exact) mass is 307 g/mol. The van der Waals surface area contributed by atoms with Crippen molar-refractivity contribution in [2.45, 2.75) is 6.55 Å². The standard InChI is InChI=1S/C11H7F2N7O2/c12-9(13)20-11(21)17-10-16-8-7(19(10)20)6(15-4-18(8)14)5-2-1-3-22-5/h1-4,9H,14H2. The number of nitrogens with zero attached hydrogens (tertiary/aromatic N) is 6. The smallest absolute Gasteiger partial charge is 0.371 e. The summed E-state index contributed by atoms with van der Waals surface area (Å²) in [7, 11) is 0. The van der Waals surface area contributed by atoms with Gasteiger partial charge in [-0.05, 0) is 12.1 Å². The van der Waals surface area contributed by atoms with E-state index in [1.165, 1.54) is 12.6 Å². The number of furan rings is 1. The summed E-state index contributed by atoms with van der Waals surface area (Å²) in [4.78, 5) is 23.2. The lowest BCUT2D eigenvalue weighted by Crippen LogP contribution is -2.22. The van der Waals surface area contributed by atoms with Crippen molar-refractivity contribution in [3.63, 3.8) is 0 Å². The average Bonchev–Trinajstić information content (AvgIpc) is 3.14. The van der Waals surface area contributed by atoms with Gasteiger partial charge in [0.05, 0.1) is 6.26 Å². The van der Waals surface area contributed by atoms with E-state index in [-0.39, 0.29) is 27.3 Å². The lowest BCUT2D eigenvalue weighted by atomic mass is 10.3. The van der Waals surface area contributed by atoms with Gasteiger partial charge in [0.25, 0.3) is 5.78 Å². The third-order valence-electron chi connectivity index (χ3n) is 3.15. The van der Waals surface area contributed by atoms with Crippen LogP contribution < -0.4 is 11.5 Å². The highest BCUT2D eigenvalue weighted by atomic mass is 19.3. The van der Waals surface area contributed by atoms with Crippen LogP contribution >= 0.6 is 0 Å². The van der Waals surface area contributed by atoms with E-state index in [0.29, 0.717) is 5.76 Å². The van der Waals surface area contributed by atoms with E-state index < -0.39 is 12.2 Å². The molecule has 4 aromatic heterocycles. The molecule has 11 heteroatoms. The number of imidazole rings is 1. The second-order valence-electron chi connectivity index (χ2n) is 4.39. The third-order valence-corrected chi connectivity index (χ3v) is 3.15. The van der Waals surface area contributed by atoms with Gasteiger partial charge in [0.2, 0.25) is 0 Å². The lowest BCUT2D eigenvalue weighted by Gasteiger charge is -2.06. The molecule has 0 saturated carbocycles. The summed E-state index contributed by atoms with van der Waals surface area (Å²) in [5.41, 5.74) is -0.656. The van der Waals surface area contributed by atoms with Crippen molar-refractivity contribution in [3.05, 3.63) is 35.2 Å². The largest absolute Gasteiger partial charge is 0.463 e. The maximum Gasteiger partial charge on any atom is 0.371 e. The molecule has 0 radical (unpaired) electrons. The van der Waals surface area contributed by atoms with Gasteiger partial charge in [0, 0.05) is 0 Å². The molecule has 0 atom stereocenters. The van der Waals surface area contributed by atoms with Gasteiger partial charge >= 0.3 is 12.2 Å². The summed E-state index contributed by atoms with van der Waals surface area (Å²) in [6.07, 6.45) is 2.67. The van der Waals surface area contributed by atoms with E-state index in [1.807, 2.05) is 0 Å². The number of fused-ring (bicyclic) bond motifs is 3. The Morgan fingerprint density at radius 1 is 1.32 bits per heavy atom. The van der Waals surface area contributed by atoms with Crippen molar-refractivity contribution in [2.75, 3.05) is 5.84 Å². The van der Waals surface area contributed by atoms with Crippen LogP contribution in [-0.2, 0) is 0 Å². The van der Waals surface area contributed by atoms with Crippen LogP contribution in [0.1, 0.15) is 6.55 Å². The number of rotatable bonds is 2. The summed E-state index contributed by atoms with van der Waals surface area (Å²) < 4.78 is 33.7. The zero-order valence-electron chi connectivity index (χ0n) is 10.7. The van der Waals surface area contributed by atoms with Crippen molar-refractivity contribution in [1.82, 2.24) is 28.8 Å². The Morgan fingerprint density at radius 3 is 2.82 bits per heavy atom. The van der Waals surface area contributed by atoms with Crippen LogP contribution in [-0.4, -0.2) is 28.8 Å². The molecule has 2 N–H and O–H groups in total. The molecule has 4 rings (SSSR count). The van der Waals surface area contributed by atoms with E-state index in [0.717, 1.165) is 9.19 Å². The molecule has 0 bridgehead atoms. The second-order valence-corrected chi connectivity index (χ2v) is 4.39. The van der Waals surface area contributed by atoms with Crippen LogP contribution in [0.4, 0.5) is 8.78 Å². The highest BCUT2D eigenvalue weighted by Gasteiger charge is 2.24. The number of nitrogens with two attached hydrogens (primary N) is 1. The molecule has 0 aromatic carbocycles. The Bertz CT molecular complexity index is 1040. The van der Waals surface area contributed by atoms with Crippen LogP contribution in [0, 0.1) is 0 Å². The van der Waals surface area contributed by atoms with E-state index in [2.05, 4.69) is 15.0 Å². The summed E-state index contributed by atoms with van der Waals surface area (Å²) >= 11 is 0. The van der Waals surface area contributed by atoms with Gasteiger partial charge in [-0.2, -0.15) is 23.4 Å². The Balaban J connectivity index is 2.25. The van der Waals surface area contributed by atoms with Gasteiger partial charge in [0.1, 0.15) is 17.5 Å². The van der Waals surface area contributed by atoms with E-state index >= 15 is 0 Å². The van der Waals surface area contributed by atoms with Gasteiger partial charge in [-0.3, -0.25) is 0 Å². The van der Waals surface area contributed by atoms with Gasteiger partial charge < -0.3 is 10.3 Å². The minimum atomic E-state index is -3.09. The molecular weight excluding hydrogens is 300 g/mol. The SMILES string of the molecule is Nn1cnc(-c2ccco2)c2c1nc1nc(=O)n(C(F)F)n12. The van der Waals surface area contributed by atoms with Gasteiger partial charge in [-0.15, -0.1) is 0 Å². The maximum absolute atomic E-state index is 13.2. The van der Waals surface area contributed by atoms with Crippen LogP contribution in [0.3, 0.4) is 0 Å². The van der Waals surface area contributed by atoms with Crippen molar-refractivity contribution < 1.29 is 13.2 Å². The zero-order chi connectivity index (χ0) is 15.4. The molecule has 22 heavy (non-hydrogen) atoms. The topological polar surface area (TPSA) is 109 Å². The molecule has 0 unspecified atom stereocenters. The predicted molar refractivity (Wildman–Crippen MR) is 69.6 cm³/mol. The average molecular weight is 307 g/mol. The molecule has 0 aliphatic heterocycles. The maximum atomic E-state index is 13.2. The molecule has 4 heterocycles. The summed E-state index contributed by atoms with van der Waals surface area (Å²) in [5, 5.41) is 0. The van der Waals surface area contributed by atoms with Crippen LogP contribution in [0.15, 0.2) is 33.9 Å². The molecule has 0 aliphatic rings. The van der Waals surface area contributed by atoms with E-state index in [1.54, 1.807) is 12.1 Å². The Morgan fingerprint density at radius 2 is 2.14 bits per heavy atom. The van der Waals surface area contributed by atoms with Crippen LogP contribution in [0.2, 0.25) is 0 Å². The minimum absolute atomic E-state index is 0.102. The molecule has 0 fully saturated rings. The number of hydrogen-bond donors (Lipinski definition) is 1. The lowest BCUT2D eigenvalue weighted by molar-refractivity contribution is 0.0493. The van der Waals surface area contributed by atoms with Crippen LogP contribution in [0.25, 0.3) is 28.4 Å². The molecule has 0 saturated heterocycles. The number of nitrogen functional groups attached to an aromatic ring is 1. The van der Waals surface area contributed by atoms with Gasteiger partial charge in [-0.25, -0.2) is 19.0 Å². The fraction of sp³-hybridized carbons (Fsp3) is 0.0909. The first-order valence-corrected chi connectivity index (χ1v) is 6.03. The second kappa shape index (κ2) is 4.13. The van der Waals surface area contributed by atoms with Crippen molar-refractivity contribution >= 4 is 16.9 Å². The first-order chi connectivity index (χ1) is 10.6. The Hall–Kier alpha value is -3.24. The van der Waals surface area contributed by atoms with Crippen LogP contribution in [0.5, 0.6) is 0 Å². The molecule has 0 aliphatic carbocycles. The Labute approximate surface area is 119 Å². The van der Waals surface area contributed by atoms with Gasteiger partial charge in [0.15, 0.2) is 11.4 Å². The normalized spacial score (nSPS) is 12.0. The number of aromatic nitrogens is 6. The summed E-state index contributed by atoms with van der Waals surface area (Å²) in [5.74, 6) is 5.84. The molecule has 4 aromatic rings. The molecule has 9 nitrogen and oxygen atoms in total. The first-order valence-electron chi connectivity index (χ1n) is 6.03. The minimum Gasteiger partial charge on any atom is -0.463 e. The third kappa shape index (κ3) is 1.50. The fourth-order valence-corrected chi connectivity index (χ4v) is 2.27. The van der Waals surface area contributed by atoms with E-state index in [4.69, 9.17) is 10.3 Å². The fourth-order valence-electron chi connectivity index (χ4n) is 2.27.